The van der Waals surface area contributed by atoms with Crippen molar-refractivity contribution in [1.29, 1.82) is 0 Å². The van der Waals surface area contributed by atoms with E-state index in [4.69, 9.17) is 16.2 Å². The molecule has 9 nitrogen and oxygen atoms in total. The number of nitrogens with one attached hydrogen (secondary N) is 1. The lowest BCUT2D eigenvalue weighted by molar-refractivity contribution is -0.260. The molecule has 2 amide bonds. The number of rotatable bonds is 7. The first-order valence-electron chi connectivity index (χ1n) is 9.96. The van der Waals surface area contributed by atoms with Crippen LogP contribution in [0.2, 0.25) is 0 Å². The van der Waals surface area contributed by atoms with Gasteiger partial charge < -0.3 is 26.6 Å². The van der Waals surface area contributed by atoms with Gasteiger partial charge in [0.1, 0.15) is 17.3 Å². The summed E-state index contributed by atoms with van der Waals surface area (Å²) in [6.45, 7) is 0.469. The van der Waals surface area contributed by atoms with Crippen molar-refractivity contribution in [2.24, 2.45) is 5.73 Å². The molecular weight excluding hydrogens is 474 g/mol. The third-order valence-electron chi connectivity index (χ3n) is 5.21. The molecule has 0 fully saturated rings. The summed E-state index contributed by atoms with van der Waals surface area (Å²) < 4.78 is 59.3. The molecule has 1 aromatic heterocycles. The van der Waals surface area contributed by atoms with Crippen molar-refractivity contribution < 1.29 is 37.0 Å². The van der Waals surface area contributed by atoms with Gasteiger partial charge in [-0.3, -0.25) is 9.59 Å². The Bertz CT molecular complexity index is 1270. The molecule has 0 aliphatic carbocycles. The summed E-state index contributed by atoms with van der Waals surface area (Å²) in [6, 6.07) is 9.29. The number of nitrogens with zero attached hydrogens (tertiary/aromatic N) is 2. The predicted octanol–water partition coefficient (Wildman–Crippen LogP) is 2.40. The highest BCUT2D eigenvalue weighted by atomic mass is 19.4. The highest BCUT2D eigenvalue weighted by Crippen LogP contribution is 2.41. The normalized spacial score (nSPS) is 13.2. The molecular formula is C22H21F4N5O4. The van der Waals surface area contributed by atoms with Gasteiger partial charge >= 0.3 is 6.18 Å². The number of aromatic nitrogens is 2. The van der Waals surface area contributed by atoms with Crippen molar-refractivity contribution in [3.05, 3.63) is 70.8 Å². The molecule has 0 saturated carbocycles. The van der Waals surface area contributed by atoms with E-state index in [1.165, 1.54) is 37.4 Å². The number of ether oxygens (including phenoxy) is 1. The van der Waals surface area contributed by atoms with Crippen molar-refractivity contribution in [1.82, 2.24) is 15.1 Å². The summed E-state index contributed by atoms with van der Waals surface area (Å²) in [6.07, 6.45) is -5.12. The lowest BCUT2D eigenvalue weighted by Gasteiger charge is -2.24. The van der Waals surface area contributed by atoms with E-state index in [0.717, 1.165) is 16.8 Å². The number of halogens is 4. The number of benzene rings is 2. The molecule has 13 heteroatoms. The van der Waals surface area contributed by atoms with Gasteiger partial charge in [0.05, 0.1) is 24.0 Å². The van der Waals surface area contributed by atoms with Crippen LogP contribution in [-0.4, -0.2) is 40.0 Å². The van der Waals surface area contributed by atoms with Crippen LogP contribution in [0.3, 0.4) is 0 Å². The second kappa shape index (κ2) is 9.25. The Morgan fingerprint density at radius 2 is 1.80 bits per heavy atom. The number of nitrogen functional groups attached to an aromatic ring is 1. The largest absolute Gasteiger partial charge is 0.496 e. The number of hydrogen-bond donors (Lipinski definition) is 4. The van der Waals surface area contributed by atoms with Gasteiger partial charge in [-0.2, -0.15) is 18.3 Å². The highest BCUT2D eigenvalue weighted by Gasteiger charge is 2.54. The number of anilines is 1. The fourth-order valence-electron chi connectivity index (χ4n) is 3.24. The monoisotopic (exact) mass is 495 g/mol. The molecule has 1 atom stereocenters. The molecule has 35 heavy (non-hydrogen) atoms. The lowest BCUT2D eigenvalue weighted by atomic mass is 10.00. The minimum absolute atomic E-state index is 0.00789. The number of primary amides is 1. The molecule has 2 aromatic carbocycles. The Morgan fingerprint density at radius 3 is 2.34 bits per heavy atom. The Kier molecular flexibility index (Phi) is 6.74. The van der Waals surface area contributed by atoms with Crippen molar-refractivity contribution in [2.45, 2.75) is 25.2 Å². The van der Waals surface area contributed by atoms with Gasteiger partial charge in [0.25, 0.3) is 11.8 Å². The molecule has 6 N–H and O–H groups in total. The number of methoxy groups -OCH3 is 1. The highest BCUT2D eigenvalue weighted by molar-refractivity contribution is 5.98. The number of amides is 2. The second-order valence-corrected chi connectivity index (χ2v) is 7.65. The van der Waals surface area contributed by atoms with Crippen LogP contribution in [0.5, 0.6) is 5.75 Å². The zero-order valence-corrected chi connectivity index (χ0v) is 18.5. The minimum Gasteiger partial charge on any atom is -0.496 e. The smallest absolute Gasteiger partial charge is 0.422 e. The summed E-state index contributed by atoms with van der Waals surface area (Å²) in [4.78, 5) is 24.3. The van der Waals surface area contributed by atoms with E-state index in [-0.39, 0.29) is 23.5 Å². The average Bonchev–Trinajstić information content (AvgIpc) is 3.15. The summed E-state index contributed by atoms with van der Waals surface area (Å²) >= 11 is 0. The van der Waals surface area contributed by atoms with Crippen molar-refractivity contribution >= 4 is 17.5 Å². The molecule has 186 valence electrons. The number of nitrogens with two attached hydrogens (primary N) is 2. The summed E-state index contributed by atoms with van der Waals surface area (Å²) in [7, 11) is 1.34. The van der Waals surface area contributed by atoms with Crippen molar-refractivity contribution in [3.8, 4) is 11.4 Å². The van der Waals surface area contributed by atoms with Gasteiger partial charge in [0, 0.05) is 6.54 Å². The zero-order chi connectivity index (χ0) is 26.1. The van der Waals surface area contributed by atoms with Gasteiger partial charge in [-0.25, -0.2) is 9.07 Å². The minimum atomic E-state index is -5.12. The summed E-state index contributed by atoms with van der Waals surface area (Å²) in [5.74, 6) is -2.19. The van der Waals surface area contributed by atoms with Crippen LogP contribution in [0.25, 0.3) is 5.69 Å². The van der Waals surface area contributed by atoms with Crippen LogP contribution in [0.1, 0.15) is 39.0 Å². The van der Waals surface area contributed by atoms with E-state index < -0.39 is 46.5 Å². The Morgan fingerprint density at radius 1 is 1.17 bits per heavy atom. The lowest BCUT2D eigenvalue weighted by Crippen LogP contribution is -2.40. The van der Waals surface area contributed by atoms with E-state index in [0.29, 0.717) is 12.5 Å². The van der Waals surface area contributed by atoms with Crippen molar-refractivity contribution in [3.63, 3.8) is 0 Å². The maximum Gasteiger partial charge on any atom is 0.422 e. The molecule has 0 aliphatic rings. The van der Waals surface area contributed by atoms with Crippen LogP contribution < -0.4 is 21.5 Å². The Hall–Kier alpha value is -4.13. The molecule has 1 heterocycles. The standard InChI is InChI=1S/C22H21F4N5O4/c1-21(34,22(24,25)26)18-16(27)17(19(28)32)31(30-18)13-6-3-11(4-7-13)10-29-20(33)14-9-12(23)5-8-15(14)35-2/h3-9,34H,10,27H2,1-2H3,(H2,28,32)(H,29,33). The van der Waals surface area contributed by atoms with Gasteiger partial charge in [0.2, 0.25) is 5.60 Å². The maximum absolute atomic E-state index is 13.5. The number of carbonyl (C=O) groups is 2. The fraction of sp³-hybridized carbons (Fsp3) is 0.227. The quantitative estimate of drug-likeness (QED) is 0.371. The number of aliphatic hydroxyl groups is 1. The average molecular weight is 495 g/mol. The Balaban J connectivity index is 1.87. The van der Waals surface area contributed by atoms with Gasteiger partial charge in [-0.05, 0) is 42.8 Å². The number of hydrogen-bond acceptors (Lipinski definition) is 6. The first-order chi connectivity index (χ1) is 16.3. The second-order valence-electron chi connectivity index (χ2n) is 7.65. The molecule has 3 aromatic rings. The van der Waals surface area contributed by atoms with Gasteiger partial charge in [0.15, 0.2) is 5.69 Å². The zero-order valence-electron chi connectivity index (χ0n) is 18.5. The molecule has 0 saturated heterocycles. The Labute approximate surface area is 196 Å². The molecule has 0 aliphatic heterocycles. The van der Waals surface area contributed by atoms with Gasteiger partial charge in [-0.1, -0.05) is 12.1 Å². The molecule has 0 radical (unpaired) electrons. The van der Waals surface area contributed by atoms with Crippen LogP contribution >= 0.6 is 0 Å². The van der Waals surface area contributed by atoms with Crippen LogP contribution in [0.4, 0.5) is 23.2 Å². The van der Waals surface area contributed by atoms with E-state index in [2.05, 4.69) is 10.4 Å². The first kappa shape index (κ1) is 25.5. The summed E-state index contributed by atoms with van der Waals surface area (Å²) in [5.41, 5.74) is 6.00. The van der Waals surface area contributed by atoms with Crippen LogP contribution in [0.15, 0.2) is 42.5 Å². The topological polar surface area (TPSA) is 145 Å². The van der Waals surface area contributed by atoms with Crippen LogP contribution in [0, 0.1) is 5.82 Å². The molecule has 0 bridgehead atoms. The number of alkyl halides is 3. The third-order valence-corrected chi connectivity index (χ3v) is 5.21. The SMILES string of the molecule is COc1ccc(F)cc1C(=O)NCc1ccc(-n2nc(C(C)(O)C(F)(F)F)c(N)c2C(N)=O)cc1. The summed E-state index contributed by atoms with van der Waals surface area (Å²) in [5, 5.41) is 16.3. The fourth-order valence-corrected chi connectivity index (χ4v) is 3.24. The van der Waals surface area contributed by atoms with E-state index in [1.807, 2.05) is 0 Å². The molecule has 0 spiro atoms. The maximum atomic E-state index is 13.5. The van der Waals surface area contributed by atoms with E-state index >= 15 is 0 Å². The number of carbonyl (C=O) groups excluding carboxylic acids is 2. The van der Waals surface area contributed by atoms with Crippen LogP contribution in [-0.2, 0) is 12.1 Å². The first-order valence-corrected chi connectivity index (χ1v) is 9.96. The van der Waals surface area contributed by atoms with E-state index in [9.17, 15) is 32.3 Å². The predicted molar refractivity (Wildman–Crippen MR) is 116 cm³/mol. The van der Waals surface area contributed by atoms with Crippen molar-refractivity contribution in [2.75, 3.05) is 12.8 Å². The third kappa shape index (κ3) is 4.89. The molecule has 3 rings (SSSR count). The van der Waals surface area contributed by atoms with Gasteiger partial charge in [-0.15, -0.1) is 0 Å². The molecule has 1 unspecified atom stereocenters. The van der Waals surface area contributed by atoms with E-state index in [1.54, 1.807) is 0 Å².